The smallest absolute Gasteiger partial charge is 0.150 e. The van der Waals surface area contributed by atoms with Crippen LogP contribution in [0.3, 0.4) is 0 Å². The van der Waals surface area contributed by atoms with Crippen LogP contribution in [0.1, 0.15) is 43.1 Å². The van der Waals surface area contributed by atoms with E-state index in [0.717, 1.165) is 23.9 Å². The predicted molar refractivity (Wildman–Crippen MR) is 67.1 cm³/mol. The van der Waals surface area contributed by atoms with Crippen molar-refractivity contribution in [2.24, 2.45) is 7.05 Å². The van der Waals surface area contributed by atoms with Gasteiger partial charge in [0.25, 0.3) is 0 Å². The van der Waals surface area contributed by atoms with Crippen LogP contribution in [-0.4, -0.2) is 23.1 Å². The van der Waals surface area contributed by atoms with Gasteiger partial charge in [0, 0.05) is 25.9 Å². The standard InChI is InChI=1S/C12H20ClN3/c1-14-8-7-10-15-12(13)11(16(10)2)9-5-3-4-6-9/h9,14H,3-8H2,1-2H3. The van der Waals surface area contributed by atoms with Crippen molar-refractivity contribution in [3.63, 3.8) is 0 Å². The van der Waals surface area contributed by atoms with Gasteiger partial charge in [-0.2, -0.15) is 0 Å². The zero-order valence-electron chi connectivity index (χ0n) is 10.1. The molecule has 0 saturated heterocycles. The largest absolute Gasteiger partial charge is 0.333 e. The zero-order chi connectivity index (χ0) is 11.5. The van der Waals surface area contributed by atoms with Gasteiger partial charge < -0.3 is 9.88 Å². The highest BCUT2D eigenvalue weighted by Gasteiger charge is 2.24. The normalized spacial score (nSPS) is 17.2. The molecule has 0 unspecified atom stereocenters. The maximum atomic E-state index is 6.26. The van der Waals surface area contributed by atoms with E-state index in [9.17, 15) is 0 Å². The summed E-state index contributed by atoms with van der Waals surface area (Å²) in [5, 5.41) is 3.87. The number of imidazole rings is 1. The van der Waals surface area contributed by atoms with Gasteiger partial charge in [-0.15, -0.1) is 0 Å². The number of aromatic nitrogens is 2. The van der Waals surface area contributed by atoms with Gasteiger partial charge in [-0.05, 0) is 19.9 Å². The van der Waals surface area contributed by atoms with Crippen molar-refractivity contribution in [2.45, 2.75) is 38.0 Å². The molecular formula is C12H20ClN3. The lowest BCUT2D eigenvalue weighted by molar-refractivity contribution is 0.633. The van der Waals surface area contributed by atoms with E-state index in [0.29, 0.717) is 5.92 Å². The van der Waals surface area contributed by atoms with Crippen molar-refractivity contribution in [2.75, 3.05) is 13.6 Å². The highest BCUT2D eigenvalue weighted by molar-refractivity contribution is 6.30. The fourth-order valence-corrected chi connectivity index (χ4v) is 3.00. The first-order valence-electron chi connectivity index (χ1n) is 6.09. The summed E-state index contributed by atoms with van der Waals surface area (Å²) < 4.78 is 2.20. The van der Waals surface area contributed by atoms with E-state index >= 15 is 0 Å². The minimum absolute atomic E-state index is 0.633. The van der Waals surface area contributed by atoms with Crippen molar-refractivity contribution in [1.82, 2.24) is 14.9 Å². The van der Waals surface area contributed by atoms with Crippen molar-refractivity contribution in [3.05, 3.63) is 16.7 Å². The molecule has 16 heavy (non-hydrogen) atoms. The van der Waals surface area contributed by atoms with Crippen molar-refractivity contribution in [3.8, 4) is 0 Å². The Morgan fingerprint density at radius 1 is 1.44 bits per heavy atom. The van der Waals surface area contributed by atoms with Crippen LogP contribution in [0.25, 0.3) is 0 Å². The Morgan fingerprint density at radius 2 is 2.12 bits per heavy atom. The van der Waals surface area contributed by atoms with E-state index < -0.39 is 0 Å². The van der Waals surface area contributed by atoms with Crippen LogP contribution in [0.4, 0.5) is 0 Å². The van der Waals surface area contributed by atoms with Crippen LogP contribution in [0.5, 0.6) is 0 Å². The van der Waals surface area contributed by atoms with E-state index in [-0.39, 0.29) is 0 Å². The van der Waals surface area contributed by atoms with E-state index in [4.69, 9.17) is 11.6 Å². The molecule has 90 valence electrons. The van der Waals surface area contributed by atoms with E-state index in [1.165, 1.54) is 31.4 Å². The molecule has 1 saturated carbocycles. The third kappa shape index (κ3) is 2.25. The van der Waals surface area contributed by atoms with Gasteiger partial charge in [0.05, 0.1) is 5.69 Å². The van der Waals surface area contributed by atoms with Gasteiger partial charge >= 0.3 is 0 Å². The summed E-state index contributed by atoms with van der Waals surface area (Å²) in [5.74, 6) is 1.73. The van der Waals surface area contributed by atoms with Crippen LogP contribution in [0.2, 0.25) is 5.15 Å². The third-order valence-electron chi connectivity index (χ3n) is 3.53. The van der Waals surface area contributed by atoms with Crippen LogP contribution in [0.15, 0.2) is 0 Å². The fraction of sp³-hybridized carbons (Fsp3) is 0.750. The average molecular weight is 242 g/mol. The maximum Gasteiger partial charge on any atom is 0.150 e. The minimum atomic E-state index is 0.633. The zero-order valence-corrected chi connectivity index (χ0v) is 10.8. The van der Waals surface area contributed by atoms with Crippen LogP contribution >= 0.6 is 11.6 Å². The highest BCUT2D eigenvalue weighted by Crippen LogP contribution is 2.37. The molecule has 1 aliphatic carbocycles. The maximum absolute atomic E-state index is 6.26. The topological polar surface area (TPSA) is 29.9 Å². The molecular weight excluding hydrogens is 222 g/mol. The first kappa shape index (κ1) is 11.9. The van der Waals surface area contributed by atoms with Crippen LogP contribution in [0, 0.1) is 0 Å². The van der Waals surface area contributed by atoms with Crippen molar-refractivity contribution >= 4 is 11.6 Å². The Balaban J connectivity index is 2.20. The molecule has 4 heteroatoms. The number of likely N-dealkylation sites (N-methyl/N-ethyl adjacent to an activating group) is 1. The summed E-state index contributed by atoms with van der Waals surface area (Å²) in [6, 6.07) is 0. The molecule has 2 rings (SSSR count). The second kappa shape index (κ2) is 5.19. The van der Waals surface area contributed by atoms with Gasteiger partial charge in [-0.1, -0.05) is 24.4 Å². The molecule has 0 amide bonds. The summed E-state index contributed by atoms with van der Waals surface area (Å²) in [6.45, 7) is 0.950. The molecule has 0 atom stereocenters. The van der Waals surface area contributed by atoms with Gasteiger partial charge in [0.1, 0.15) is 5.82 Å². The molecule has 0 aromatic carbocycles. The van der Waals surface area contributed by atoms with Crippen molar-refractivity contribution in [1.29, 1.82) is 0 Å². The van der Waals surface area contributed by atoms with Crippen LogP contribution < -0.4 is 5.32 Å². The number of hydrogen-bond donors (Lipinski definition) is 1. The quantitative estimate of drug-likeness (QED) is 0.878. The third-order valence-corrected chi connectivity index (χ3v) is 3.81. The molecule has 0 bridgehead atoms. The van der Waals surface area contributed by atoms with E-state index in [1.54, 1.807) is 0 Å². The predicted octanol–water partition coefficient (Wildman–Crippen LogP) is 2.49. The fourth-order valence-electron chi connectivity index (χ4n) is 2.62. The van der Waals surface area contributed by atoms with E-state index in [1.807, 2.05) is 7.05 Å². The number of halogens is 1. The highest BCUT2D eigenvalue weighted by atomic mass is 35.5. The second-order valence-electron chi connectivity index (χ2n) is 4.60. The summed E-state index contributed by atoms with van der Waals surface area (Å²) in [4.78, 5) is 4.48. The van der Waals surface area contributed by atoms with Gasteiger partial charge in [-0.3, -0.25) is 0 Å². The lowest BCUT2D eigenvalue weighted by Gasteiger charge is -2.11. The molecule has 0 radical (unpaired) electrons. The van der Waals surface area contributed by atoms with Gasteiger partial charge in [-0.25, -0.2) is 4.98 Å². The number of nitrogens with zero attached hydrogens (tertiary/aromatic N) is 2. The molecule has 3 nitrogen and oxygen atoms in total. The summed E-state index contributed by atoms with van der Waals surface area (Å²) in [5.41, 5.74) is 1.25. The molecule has 1 aromatic rings. The van der Waals surface area contributed by atoms with E-state index in [2.05, 4.69) is 21.9 Å². The Labute approximate surface area is 102 Å². The molecule has 1 aromatic heterocycles. The Bertz CT molecular complexity index is 353. The van der Waals surface area contributed by atoms with Crippen molar-refractivity contribution < 1.29 is 0 Å². The molecule has 1 N–H and O–H groups in total. The molecule has 1 fully saturated rings. The summed E-state index contributed by atoms with van der Waals surface area (Å²) in [7, 11) is 4.06. The Kier molecular flexibility index (Phi) is 3.87. The van der Waals surface area contributed by atoms with Crippen LogP contribution in [-0.2, 0) is 13.5 Å². The molecule has 1 aliphatic rings. The first-order chi connectivity index (χ1) is 7.74. The first-order valence-corrected chi connectivity index (χ1v) is 6.47. The SMILES string of the molecule is CNCCc1nc(Cl)c(C2CCCC2)n1C. The van der Waals surface area contributed by atoms with Gasteiger partial charge in [0.2, 0.25) is 0 Å². The number of nitrogens with one attached hydrogen (secondary N) is 1. The summed E-state index contributed by atoms with van der Waals surface area (Å²) >= 11 is 6.26. The molecule has 0 spiro atoms. The molecule has 0 aliphatic heterocycles. The number of hydrogen-bond acceptors (Lipinski definition) is 2. The monoisotopic (exact) mass is 241 g/mol. The minimum Gasteiger partial charge on any atom is -0.333 e. The Morgan fingerprint density at radius 3 is 2.75 bits per heavy atom. The number of rotatable bonds is 4. The average Bonchev–Trinajstić information content (AvgIpc) is 2.85. The summed E-state index contributed by atoms with van der Waals surface area (Å²) in [6.07, 6.45) is 6.14. The molecule has 1 heterocycles. The second-order valence-corrected chi connectivity index (χ2v) is 4.96. The lowest BCUT2D eigenvalue weighted by atomic mass is 10.1. The Hall–Kier alpha value is -0.540. The van der Waals surface area contributed by atoms with Gasteiger partial charge in [0.15, 0.2) is 5.15 Å². The lowest BCUT2D eigenvalue weighted by Crippen LogP contribution is -2.14.